The zero-order valence-electron chi connectivity index (χ0n) is 11.9. The Labute approximate surface area is 127 Å². The molecule has 3 aromatic rings. The quantitative estimate of drug-likeness (QED) is 0.726. The highest BCUT2D eigenvalue weighted by atomic mass is 16.5. The van der Waals surface area contributed by atoms with Crippen LogP contribution in [0.5, 0.6) is 0 Å². The Morgan fingerprint density at radius 3 is 3.05 bits per heavy atom. The van der Waals surface area contributed by atoms with Crippen LogP contribution in [0.2, 0.25) is 0 Å². The van der Waals surface area contributed by atoms with Gasteiger partial charge < -0.3 is 4.52 Å². The highest BCUT2D eigenvalue weighted by Gasteiger charge is 2.61. The molecule has 2 aromatic heterocycles. The summed E-state index contributed by atoms with van der Waals surface area (Å²) in [4.78, 5) is 12.8. The Morgan fingerprint density at radius 1 is 1.18 bits per heavy atom. The molecule has 2 aliphatic carbocycles. The van der Waals surface area contributed by atoms with Crippen LogP contribution in [0.25, 0.3) is 11.5 Å². The molecule has 5 nitrogen and oxygen atoms in total. The number of hydrogen-bond donors (Lipinski definition) is 0. The average Bonchev–Trinajstić information content (AvgIpc) is 2.94. The first-order chi connectivity index (χ1) is 10.9. The monoisotopic (exact) mass is 290 g/mol. The molecule has 1 fully saturated rings. The summed E-state index contributed by atoms with van der Waals surface area (Å²) in [6.45, 7) is 0. The number of rotatable bonds is 2. The van der Waals surface area contributed by atoms with Crippen LogP contribution < -0.4 is 0 Å². The van der Waals surface area contributed by atoms with E-state index < -0.39 is 0 Å². The minimum Gasteiger partial charge on any atom is -0.339 e. The molecule has 22 heavy (non-hydrogen) atoms. The van der Waals surface area contributed by atoms with Gasteiger partial charge in [-0.3, -0.25) is 4.98 Å². The van der Waals surface area contributed by atoms with Crippen LogP contribution in [0.15, 0.2) is 47.4 Å². The van der Waals surface area contributed by atoms with Gasteiger partial charge in [0.25, 0.3) is 0 Å². The summed E-state index contributed by atoms with van der Waals surface area (Å²) in [5.74, 6) is 1.60. The predicted molar refractivity (Wildman–Crippen MR) is 79.1 cm³/mol. The molecule has 0 amide bonds. The van der Waals surface area contributed by atoms with Gasteiger partial charge in [0.05, 0.1) is 6.20 Å². The predicted octanol–water partition coefficient (Wildman–Crippen LogP) is 2.90. The van der Waals surface area contributed by atoms with E-state index in [0.29, 0.717) is 17.4 Å². The average molecular weight is 290 g/mol. The Kier molecular flexibility index (Phi) is 2.31. The van der Waals surface area contributed by atoms with Gasteiger partial charge in [0.1, 0.15) is 5.69 Å². The molecule has 0 unspecified atom stereocenters. The van der Waals surface area contributed by atoms with Crippen molar-refractivity contribution in [1.29, 1.82) is 0 Å². The SMILES string of the molecule is c1ccc2c(c1)CC[C@]21C[C@H]1c1nc(-c2cnccn2)no1. The van der Waals surface area contributed by atoms with Gasteiger partial charge >= 0.3 is 0 Å². The molecule has 0 saturated heterocycles. The van der Waals surface area contributed by atoms with E-state index in [1.165, 1.54) is 17.5 Å². The van der Waals surface area contributed by atoms with Gasteiger partial charge in [-0.05, 0) is 30.4 Å². The normalized spacial score (nSPS) is 25.4. The molecule has 5 heteroatoms. The fourth-order valence-electron chi connectivity index (χ4n) is 3.81. The summed E-state index contributed by atoms with van der Waals surface area (Å²) >= 11 is 0. The maximum atomic E-state index is 5.52. The second-order valence-electron chi connectivity index (χ2n) is 6.12. The summed E-state index contributed by atoms with van der Waals surface area (Å²) in [6, 6.07) is 8.73. The van der Waals surface area contributed by atoms with Crippen molar-refractivity contribution in [2.75, 3.05) is 0 Å². The Morgan fingerprint density at radius 2 is 2.14 bits per heavy atom. The van der Waals surface area contributed by atoms with E-state index in [-0.39, 0.29) is 5.41 Å². The van der Waals surface area contributed by atoms with E-state index in [0.717, 1.165) is 18.7 Å². The van der Waals surface area contributed by atoms with Crippen LogP contribution >= 0.6 is 0 Å². The molecule has 2 aliphatic rings. The molecule has 5 rings (SSSR count). The lowest BCUT2D eigenvalue weighted by Gasteiger charge is -2.08. The summed E-state index contributed by atoms with van der Waals surface area (Å²) in [7, 11) is 0. The fraction of sp³-hybridized carbons (Fsp3) is 0.294. The lowest BCUT2D eigenvalue weighted by Crippen LogP contribution is -2.04. The standard InChI is InChI=1S/C17H14N4O/c1-2-4-12-11(3-1)5-6-17(12)9-13(17)16-20-15(21-22-16)14-10-18-7-8-19-14/h1-4,7-8,10,13H,5-6,9H2/t13-,17-/m0/s1. The van der Waals surface area contributed by atoms with Crippen LogP contribution in [0, 0.1) is 0 Å². The highest BCUT2D eigenvalue weighted by molar-refractivity contribution is 5.50. The summed E-state index contributed by atoms with van der Waals surface area (Å²) in [5, 5.41) is 4.07. The number of fused-ring (bicyclic) bond motifs is 2. The molecule has 1 spiro atoms. The van der Waals surface area contributed by atoms with Crippen LogP contribution in [-0.2, 0) is 11.8 Å². The second-order valence-corrected chi connectivity index (χ2v) is 6.12. The lowest BCUT2D eigenvalue weighted by molar-refractivity contribution is 0.372. The molecule has 1 aromatic carbocycles. The second kappa shape index (κ2) is 4.22. The number of benzene rings is 1. The Bertz CT molecular complexity index is 845. The molecule has 0 aliphatic heterocycles. The Hall–Kier alpha value is -2.56. The molecule has 0 bridgehead atoms. The molecule has 2 atom stereocenters. The first-order valence-corrected chi connectivity index (χ1v) is 7.55. The van der Waals surface area contributed by atoms with Crippen molar-refractivity contribution in [3.05, 3.63) is 59.9 Å². The van der Waals surface area contributed by atoms with E-state index >= 15 is 0 Å². The number of hydrogen-bond acceptors (Lipinski definition) is 5. The van der Waals surface area contributed by atoms with E-state index in [1.54, 1.807) is 18.6 Å². The van der Waals surface area contributed by atoms with Crippen LogP contribution in [0.3, 0.4) is 0 Å². The molecule has 1 saturated carbocycles. The third-order valence-electron chi connectivity index (χ3n) is 5.00. The summed E-state index contributed by atoms with van der Waals surface area (Å²) < 4.78 is 5.52. The van der Waals surface area contributed by atoms with E-state index in [2.05, 4.69) is 44.4 Å². The minimum absolute atomic E-state index is 0.225. The van der Waals surface area contributed by atoms with Crippen molar-refractivity contribution in [2.24, 2.45) is 0 Å². The number of aryl methyl sites for hydroxylation is 1. The molecule has 0 N–H and O–H groups in total. The van der Waals surface area contributed by atoms with Gasteiger partial charge in [-0.2, -0.15) is 4.98 Å². The van der Waals surface area contributed by atoms with Crippen LogP contribution in [0.1, 0.15) is 35.8 Å². The molecule has 2 heterocycles. The third-order valence-corrected chi connectivity index (χ3v) is 5.00. The largest absolute Gasteiger partial charge is 0.339 e. The minimum atomic E-state index is 0.225. The van der Waals surface area contributed by atoms with Gasteiger partial charge in [0, 0.05) is 23.7 Å². The van der Waals surface area contributed by atoms with Gasteiger partial charge in [-0.15, -0.1) is 0 Å². The number of aromatic nitrogens is 4. The molecule has 0 radical (unpaired) electrons. The van der Waals surface area contributed by atoms with Crippen molar-refractivity contribution in [3.63, 3.8) is 0 Å². The van der Waals surface area contributed by atoms with Crippen molar-refractivity contribution in [1.82, 2.24) is 20.1 Å². The molecule has 108 valence electrons. The summed E-state index contributed by atoms with van der Waals surface area (Å²) in [5.41, 5.74) is 3.82. The van der Waals surface area contributed by atoms with Crippen molar-refractivity contribution >= 4 is 0 Å². The van der Waals surface area contributed by atoms with Gasteiger partial charge in [-0.1, -0.05) is 29.4 Å². The maximum Gasteiger partial charge on any atom is 0.231 e. The third kappa shape index (κ3) is 1.59. The van der Waals surface area contributed by atoms with Crippen LogP contribution in [0.4, 0.5) is 0 Å². The summed E-state index contributed by atoms with van der Waals surface area (Å²) in [6.07, 6.45) is 8.36. The zero-order valence-corrected chi connectivity index (χ0v) is 11.9. The molecular formula is C17H14N4O. The fourth-order valence-corrected chi connectivity index (χ4v) is 3.81. The van der Waals surface area contributed by atoms with Gasteiger partial charge in [0.15, 0.2) is 0 Å². The van der Waals surface area contributed by atoms with E-state index in [1.807, 2.05) is 0 Å². The van der Waals surface area contributed by atoms with E-state index in [4.69, 9.17) is 4.52 Å². The lowest BCUT2D eigenvalue weighted by atomic mass is 9.95. The molecular weight excluding hydrogens is 276 g/mol. The maximum absolute atomic E-state index is 5.52. The van der Waals surface area contributed by atoms with Gasteiger partial charge in [-0.25, -0.2) is 4.98 Å². The van der Waals surface area contributed by atoms with Crippen molar-refractivity contribution < 1.29 is 4.52 Å². The smallest absolute Gasteiger partial charge is 0.231 e. The topological polar surface area (TPSA) is 64.7 Å². The zero-order chi connectivity index (χ0) is 14.6. The first kappa shape index (κ1) is 12.0. The number of nitrogens with zero attached hydrogens (tertiary/aromatic N) is 4. The van der Waals surface area contributed by atoms with Crippen molar-refractivity contribution in [2.45, 2.75) is 30.6 Å². The first-order valence-electron chi connectivity index (χ1n) is 7.55. The van der Waals surface area contributed by atoms with Crippen LogP contribution in [-0.4, -0.2) is 20.1 Å². The highest BCUT2D eigenvalue weighted by Crippen LogP contribution is 2.65. The van der Waals surface area contributed by atoms with Gasteiger partial charge in [0.2, 0.25) is 11.7 Å². The van der Waals surface area contributed by atoms with Crippen molar-refractivity contribution in [3.8, 4) is 11.5 Å². The Balaban J connectivity index is 1.48. The van der Waals surface area contributed by atoms with E-state index in [9.17, 15) is 0 Å².